The molecule has 1 heterocycles. The maximum atomic E-state index is 11.9. The van der Waals surface area contributed by atoms with Crippen LogP contribution >= 0.6 is 0 Å². The van der Waals surface area contributed by atoms with Crippen LogP contribution in [0.3, 0.4) is 0 Å². The molecule has 1 amide bonds. The third-order valence-corrected chi connectivity index (χ3v) is 4.16. The number of imidazole rings is 1. The van der Waals surface area contributed by atoms with Crippen LogP contribution in [0.4, 0.5) is 5.69 Å². The lowest BCUT2D eigenvalue weighted by molar-refractivity contribution is -0.121. The van der Waals surface area contributed by atoms with Crippen LogP contribution in [-0.4, -0.2) is 22.5 Å². The number of fused-ring (bicyclic) bond motifs is 1. The molecule has 0 aliphatic heterocycles. The number of nitrogens with one attached hydrogen (secondary N) is 1. The second kappa shape index (κ2) is 5.76. The van der Waals surface area contributed by atoms with E-state index in [4.69, 9.17) is 10.7 Å². The third kappa shape index (κ3) is 2.65. The number of rotatable bonds is 3. The number of nitrogen functional groups attached to an aromatic ring is 1. The number of para-hydroxylation sites is 1. The molecule has 0 unspecified atom stereocenters. The van der Waals surface area contributed by atoms with Crippen molar-refractivity contribution in [3.63, 3.8) is 0 Å². The van der Waals surface area contributed by atoms with E-state index in [9.17, 15) is 4.79 Å². The maximum Gasteiger partial charge on any atom is 0.239 e. The van der Waals surface area contributed by atoms with Crippen LogP contribution in [0.5, 0.6) is 0 Å². The van der Waals surface area contributed by atoms with E-state index in [-0.39, 0.29) is 12.5 Å². The van der Waals surface area contributed by atoms with Crippen LogP contribution in [0.25, 0.3) is 22.4 Å². The Hall–Kier alpha value is -2.82. The van der Waals surface area contributed by atoms with Gasteiger partial charge in [-0.2, -0.15) is 0 Å². The zero-order chi connectivity index (χ0) is 16.6. The summed E-state index contributed by atoms with van der Waals surface area (Å²) in [4.78, 5) is 16.6. The summed E-state index contributed by atoms with van der Waals surface area (Å²) in [5.41, 5.74) is 11.7. The van der Waals surface area contributed by atoms with Gasteiger partial charge < -0.3 is 15.6 Å². The fourth-order valence-corrected chi connectivity index (χ4v) is 2.65. The molecule has 1 aromatic heterocycles. The number of amides is 1. The van der Waals surface area contributed by atoms with Crippen molar-refractivity contribution in [2.24, 2.45) is 0 Å². The molecule has 0 fully saturated rings. The second-order valence-electron chi connectivity index (χ2n) is 5.71. The van der Waals surface area contributed by atoms with Crippen LogP contribution in [0.15, 0.2) is 36.4 Å². The summed E-state index contributed by atoms with van der Waals surface area (Å²) in [6.45, 7) is 4.35. The van der Waals surface area contributed by atoms with Crippen molar-refractivity contribution in [1.82, 2.24) is 14.9 Å². The van der Waals surface area contributed by atoms with E-state index < -0.39 is 0 Å². The molecule has 0 atom stereocenters. The standard InChI is InChI=1S/C18H20N4O/c1-11-7-8-13(9-12(11)2)18-21-17-14(19)5-4-6-15(17)22(18)10-16(23)20-3/h4-9H,10,19H2,1-3H3,(H,20,23). The molecule has 3 aromatic rings. The van der Waals surface area contributed by atoms with E-state index in [1.165, 1.54) is 11.1 Å². The van der Waals surface area contributed by atoms with Crippen LogP contribution in [-0.2, 0) is 11.3 Å². The highest BCUT2D eigenvalue weighted by Gasteiger charge is 2.16. The lowest BCUT2D eigenvalue weighted by Gasteiger charge is -2.10. The highest BCUT2D eigenvalue weighted by atomic mass is 16.1. The number of aryl methyl sites for hydroxylation is 2. The average molecular weight is 308 g/mol. The zero-order valence-electron chi connectivity index (χ0n) is 13.6. The monoisotopic (exact) mass is 308 g/mol. The largest absolute Gasteiger partial charge is 0.397 e. The molecule has 0 saturated carbocycles. The molecule has 0 radical (unpaired) electrons. The summed E-state index contributed by atoms with van der Waals surface area (Å²) in [5.74, 6) is 0.682. The molecule has 0 spiro atoms. The van der Waals surface area contributed by atoms with Crippen molar-refractivity contribution < 1.29 is 4.79 Å². The number of anilines is 1. The lowest BCUT2D eigenvalue weighted by Crippen LogP contribution is -2.23. The first-order valence-corrected chi connectivity index (χ1v) is 7.54. The first-order chi connectivity index (χ1) is 11.0. The maximum absolute atomic E-state index is 11.9. The highest BCUT2D eigenvalue weighted by molar-refractivity contribution is 5.91. The van der Waals surface area contributed by atoms with E-state index in [1.807, 2.05) is 28.8 Å². The number of likely N-dealkylation sites (N-methyl/N-ethyl adjacent to an activating group) is 1. The Labute approximate surface area is 135 Å². The Morgan fingerprint density at radius 1 is 1.22 bits per heavy atom. The van der Waals surface area contributed by atoms with Gasteiger partial charge in [-0.15, -0.1) is 0 Å². The molecule has 2 aromatic carbocycles. The van der Waals surface area contributed by atoms with Crippen LogP contribution in [0.1, 0.15) is 11.1 Å². The molecule has 3 N–H and O–H groups in total. The number of benzene rings is 2. The van der Waals surface area contributed by atoms with Gasteiger partial charge in [-0.3, -0.25) is 4.79 Å². The fourth-order valence-electron chi connectivity index (χ4n) is 2.65. The average Bonchev–Trinajstić information content (AvgIpc) is 2.90. The van der Waals surface area contributed by atoms with Crippen molar-refractivity contribution in [3.8, 4) is 11.4 Å². The number of carbonyl (C=O) groups excluding carboxylic acids is 1. The third-order valence-electron chi connectivity index (χ3n) is 4.16. The van der Waals surface area contributed by atoms with E-state index in [1.54, 1.807) is 7.05 Å². The van der Waals surface area contributed by atoms with Crippen molar-refractivity contribution in [3.05, 3.63) is 47.5 Å². The second-order valence-corrected chi connectivity index (χ2v) is 5.71. The van der Waals surface area contributed by atoms with Gasteiger partial charge in [0.1, 0.15) is 17.9 Å². The number of aromatic nitrogens is 2. The zero-order valence-corrected chi connectivity index (χ0v) is 13.6. The molecular weight excluding hydrogens is 288 g/mol. The predicted octanol–water partition coefficient (Wildman–Crippen LogP) is 2.65. The molecular formula is C18H20N4O. The number of nitrogens with two attached hydrogens (primary N) is 1. The van der Waals surface area contributed by atoms with Gasteiger partial charge >= 0.3 is 0 Å². The minimum atomic E-state index is -0.0724. The quantitative estimate of drug-likeness (QED) is 0.731. The highest BCUT2D eigenvalue weighted by Crippen LogP contribution is 2.29. The van der Waals surface area contributed by atoms with Crippen molar-refractivity contribution in [1.29, 1.82) is 0 Å². The molecule has 0 aliphatic rings. The van der Waals surface area contributed by atoms with Gasteiger partial charge in [0.25, 0.3) is 0 Å². The van der Waals surface area contributed by atoms with E-state index in [2.05, 4.69) is 31.3 Å². The van der Waals surface area contributed by atoms with E-state index in [0.29, 0.717) is 5.69 Å². The van der Waals surface area contributed by atoms with Gasteiger partial charge in [-0.05, 0) is 43.2 Å². The smallest absolute Gasteiger partial charge is 0.239 e. The molecule has 0 aliphatic carbocycles. The Morgan fingerprint density at radius 3 is 2.70 bits per heavy atom. The first kappa shape index (κ1) is 15.1. The molecule has 0 saturated heterocycles. The Balaban J connectivity index is 2.25. The Morgan fingerprint density at radius 2 is 2.00 bits per heavy atom. The number of hydrogen-bond donors (Lipinski definition) is 2. The van der Waals surface area contributed by atoms with Gasteiger partial charge in [-0.1, -0.05) is 18.2 Å². The van der Waals surface area contributed by atoms with Crippen molar-refractivity contribution >= 4 is 22.6 Å². The number of nitrogens with zero attached hydrogens (tertiary/aromatic N) is 2. The summed E-state index contributed by atoms with van der Waals surface area (Å²) in [6.07, 6.45) is 0. The summed E-state index contributed by atoms with van der Waals surface area (Å²) in [5, 5.41) is 2.66. The molecule has 0 bridgehead atoms. The number of carbonyl (C=O) groups is 1. The topological polar surface area (TPSA) is 72.9 Å². The SMILES string of the molecule is CNC(=O)Cn1c(-c2ccc(C)c(C)c2)nc2c(N)cccc21. The first-order valence-electron chi connectivity index (χ1n) is 7.54. The van der Waals surface area contributed by atoms with E-state index in [0.717, 1.165) is 22.4 Å². The Kier molecular flexibility index (Phi) is 3.78. The minimum Gasteiger partial charge on any atom is -0.397 e. The lowest BCUT2D eigenvalue weighted by atomic mass is 10.1. The van der Waals surface area contributed by atoms with Gasteiger partial charge in [-0.25, -0.2) is 4.98 Å². The molecule has 23 heavy (non-hydrogen) atoms. The normalized spacial score (nSPS) is 10.9. The molecule has 3 rings (SSSR count). The molecule has 118 valence electrons. The number of hydrogen-bond acceptors (Lipinski definition) is 3. The summed E-state index contributed by atoms with van der Waals surface area (Å²) in [6, 6.07) is 11.8. The molecule has 5 nitrogen and oxygen atoms in total. The summed E-state index contributed by atoms with van der Waals surface area (Å²) < 4.78 is 1.91. The van der Waals surface area contributed by atoms with Crippen LogP contribution < -0.4 is 11.1 Å². The van der Waals surface area contributed by atoms with Crippen LogP contribution in [0.2, 0.25) is 0 Å². The van der Waals surface area contributed by atoms with Gasteiger partial charge in [0.2, 0.25) is 5.91 Å². The fraction of sp³-hybridized carbons (Fsp3) is 0.222. The minimum absolute atomic E-state index is 0.0724. The summed E-state index contributed by atoms with van der Waals surface area (Å²) >= 11 is 0. The van der Waals surface area contributed by atoms with Crippen molar-refractivity contribution in [2.75, 3.05) is 12.8 Å². The van der Waals surface area contributed by atoms with Gasteiger partial charge in [0.15, 0.2) is 0 Å². The van der Waals surface area contributed by atoms with Gasteiger partial charge in [0.05, 0.1) is 11.2 Å². The van der Waals surface area contributed by atoms with E-state index >= 15 is 0 Å². The van der Waals surface area contributed by atoms with Gasteiger partial charge in [0, 0.05) is 12.6 Å². The molecule has 5 heteroatoms. The van der Waals surface area contributed by atoms with Crippen LogP contribution in [0, 0.1) is 13.8 Å². The summed E-state index contributed by atoms with van der Waals surface area (Å²) in [7, 11) is 1.63. The Bertz CT molecular complexity index is 895. The van der Waals surface area contributed by atoms with Crippen molar-refractivity contribution in [2.45, 2.75) is 20.4 Å². The predicted molar refractivity (Wildman–Crippen MR) is 93.1 cm³/mol.